The predicted molar refractivity (Wildman–Crippen MR) is 67.4 cm³/mol. The van der Waals surface area contributed by atoms with Crippen LogP contribution in [0, 0.1) is 3.57 Å². The van der Waals surface area contributed by atoms with Crippen molar-refractivity contribution in [1.82, 2.24) is 15.2 Å². The van der Waals surface area contributed by atoms with Crippen molar-refractivity contribution < 1.29 is 9.53 Å². The lowest BCUT2D eigenvalue weighted by Crippen LogP contribution is -2.47. The minimum atomic E-state index is -0.323. The smallest absolute Gasteiger partial charge is 0.391 e. The number of rotatable bonds is 1. The lowest BCUT2D eigenvalue weighted by Gasteiger charge is -2.26. The van der Waals surface area contributed by atoms with Crippen molar-refractivity contribution in [3.63, 3.8) is 0 Å². The van der Waals surface area contributed by atoms with Gasteiger partial charge in [0.25, 0.3) is 0 Å². The number of hydrogen-bond donors (Lipinski definition) is 1. The van der Waals surface area contributed by atoms with Crippen LogP contribution in [0.3, 0.4) is 0 Å². The quantitative estimate of drug-likeness (QED) is 0.782. The van der Waals surface area contributed by atoms with E-state index in [-0.39, 0.29) is 6.09 Å². The van der Waals surface area contributed by atoms with Crippen molar-refractivity contribution in [1.29, 1.82) is 0 Å². The molecule has 2 heterocycles. The molecule has 86 valence electrons. The number of nitrogens with one attached hydrogen (secondary N) is 1. The van der Waals surface area contributed by atoms with E-state index in [1.54, 1.807) is 17.2 Å². The average molecular weight is 333 g/mol. The van der Waals surface area contributed by atoms with Gasteiger partial charge in [0.15, 0.2) is 0 Å². The predicted octanol–water partition coefficient (Wildman–Crippen LogP) is 1.09. The Morgan fingerprint density at radius 3 is 2.94 bits per heavy atom. The molecule has 1 amide bonds. The Labute approximate surface area is 107 Å². The molecule has 1 fully saturated rings. The number of pyridine rings is 1. The molecule has 2 rings (SSSR count). The lowest BCUT2D eigenvalue weighted by molar-refractivity contribution is 0.144. The number of hydrogen-bond acceptors (Lipinski definition) is 4. The maximum atomic E-state index is 11.7. The molecule has 6 heteroatoms. The molecule has 0 unspecified atom stereocenters. The van der Waals surface area contributed by atoms with E-state index < -0.39 is 0 Å². The van der Waals surface area contributed by atoms with Gasteiger partial charge >= 0.3 is 6.09 Å². The van der Waals surface area contributed by atoms with E-state index in [1.807, 2.05) is 6.07 Å². The van der Waals surface area contributed by atoms with Crippen molar-refractivity contribution >= 4 is 28.7 Å². The van der Waals surface area contributed by atoms with Crippen LogP contribution in [0.5, 0.6) is 5.88 Å². The summed E-state index contributed by atoms with van der Waals surface area (Å²) in [5, 5.41) is 3.18. The largest absolute Gasteiger partial charge is 0.416 e. The highest BCUT2D eigenvalue weighted by atomic mass is 127. The van der Waals surface area contributed by atoms with Gasteiger partial charge < -0.3 is 15.0 Å². The highest BCUT2D eigenvalue weighted by molar-refractivity contribution is 14.1. The number of nitrogens with zero attached hydrogens (tertiary/aromatic N) is 2. The van der Waals surface area contributed by atoms with Crippen molar-refractivity contribution in [3.8, 4) is 5.88 Å². The zero-order valence-corrected chi connectivity index (χ0v) is 10.8. The fourth-order valence-electron chi connectivity index (χ4n) is 1.44. The average Bonchev–Trinajstić information content (AvgIpc) is 2.30. The third-order valence-electron chi connectivity index (χ3n) is 2.26. The number of aromatic nitrogens is 1. The third-order valence-corrected chi connectivity index (χ3v) is 2.93. The Balaban J connectivity index is 1.96. The second-order valence-electron chi connectivity index (χ2n) is 3.42. The molecule has 1 aromatic heterocycles. The van der Waals surface area contributed by atoms with E-state index in [0.717, 1.165) is 16.7 Å². The van der Waals surface area contributed by atoms with Crippen LogP contribution in [-0.4, -0.2) is 42.2 Å². The maximum Gasteiger partial charge on any atom is 0.416 e. The summed E-state index contributed by atoms with van der Waals surface area (Å²) < 4.78 is 6.17. The first-order valence-corrected chi connectivity index (χ1v) is 6.12. The SMILES string of the molecule is O=C(Oc1cc(I)ccn1)N1CCNCC1. The fraction of sp³-hybridized carbons (Fsp3) is 0.400. The zero-order valence-electron chi connectivity index (χ0n) is 8.65. The molecule has 0 saturated carbocycles. The molecular formula is C10H12IN3O2. The number of carbonyl (C=O) groups is 1. The van der Waals surface area contributed by atoms with Gasteiger partial charge in [-0.25, -0.2) is 9.78 Å². The minimum absolute atomic E-state index is 0.323. The van der Waals surface area contributed by atoms with Gasteiger partial charge in [0.05, 0.1) is 0 Å². The van der Waals surface area contributed by atoms with Gasteiger partial charge in [0, 0.05) is 42.0 Å². The molecule has 1 N–H and O–H groups in total. The van der Waals surface area contributed by atoms with Crippen LogP contribution < -0.4 is 10.1 Å². The molecule has 5 nitrogen and oxygen atoms in total. The van der Waals surface area contributed by atoms with Crippen LogP contribution in [-0.2, 0) is 0 Å². The summed E-state index contributed by atoms with van der Waals surface area (Å²) in [5.41, 5.74) is 0. The van der Waals surface area contributed by atoms with E-state index in [9.17, 15) is 4.79 Å². The van der Waals surface area contributed by atoms with Crippen LogP contribution in [0.2, 0.25) is 0 Å². The van der Waals surface area contributed by atoms with Crippen molar-refractivity contribution in [2.24, 2.45) is 0 Å². The van der Waals surface area contributed by atoms with Gasteiger partial charge in [-0.2, -0.15) is 0 Å². The summed E-state index contributed by atoms with van der Waals surface area (Å²) in [6.45, 7) is 3.00. The van der Waals surface area contributed by atoms with Gasteiger partial charge in [0.1, 0.15) is 0 Å². The normalized spacial score (nSPS) is 15.9. The minimum Gasteiger partial charge on any atom is -0.391 e. The van der Waals surface area contributed by atoms with E-state index in [0.29, 0.717) is 19.0 Å². The van der Waals surface area contributed by atoms with Crippen LogP contribution >= 0.6 is 22.6 Å². The van der Waals surface area contributed by atoms with Crippen LogP contribution in [0.4, 0.5) is 4.79 Å². The van der Waals surface area contributed by atoms with Gasteiger partial charge in [-0.3, -0.25) is 0 Å². The molecule has 1 saturated heterocycles. The lowest BCUT2D eigenvalue weighted by atomic mass is 10.4. The molecule has 1 aliphatic heterocycles. The summed E-state index contributed by atoms with van der Waals surface area (Å²) in [6, 6.07) is 3.59. The summed E-state index contributed by atoms with van der Waals surface area (Å²) in [5.74, 6) is 0.357. The second kappa shape index (κ2) is 5.44. The van der Waals surface area contributed by atoms with E-state index in [2.05, 4.69) is 32.9 Å². The third kappa shape index (κ3) is 3.05. The van der Waals surface area contributed by atoms with Gasteiger partial charge in [-0.15, -0.1) is 0 Å². The zero-order chi connectivity index (χ0) is 11.4. The Bertz CT molecular complexity index is 380. The Morgan fingerprint density at radius 1 is 1.50 bits per heavy atom. The topological polar surface area (TPSA) is 54.5 Å². The maximum absolute atomic E-state index is 11.7. The molecule has 1 aromatic rings. The van der Waals surface area contributed by atoms with Gasteiger partial charge in [-0.1, -0.05) is 0 Å². The molecular weight excluding hydrogens is 321 g/mol. The molecule has 0 aromatic carbocycles. The molecule has 0 aliphatic carbocycles. The van der Waals surface area contributed by atoms with Crippen LogP contribution in [0.1, 0.15) is 0 Å². The molecule has 1 aliphatic rings. The van der Waals surface area contributed by atoms with Crippen LogP contribution in [0.15, 0.2) is 18.3 Å². The van der Waals surface area contributed by atoms with E-state index in [4.69, 9.17) is 4.74 Å². The van der Waals surface area contributed by atoms with E-state index in [1.165, 1.54) is 0 Å². The van der Waals surface area contributed by atoms with Crippen LogP contribution in [0.25, 0.3) is 0 Å². The molecule has 0 radical (unpaired) electrons. The molecule has 0 bridgehead atoms. The number of piperazine rings is 1. The molecule has 0 atom stereocenters. The number of amides is 1. The Hall–Kier alpha value is -0.890. The fourth-order valence-corrected chi connectivity index (χ4v) is 1.87. The Kier molecular flexibility index (Phi) is 3.94. The standard InChI is InChI=1S/C10H12IN3O2/c11-8-1-2-13-9(7-8)16-10(15)14-5-3-12-4-6-14/h1-2,7,12H,3-6H2. The highest BCUT2D eigenvalue weighted by Crippen LogP contribution is 2.12. The summed E-state index contributed by atoms with van der Waals surface area (Å²) in [4.78, 5) is 17.4. The monoisotopic (exact) mass is 333 g/mol. The van der Waals surface area contributed by atoms with E-state index >= 15 is 0 Å². The van der Waals surface area contributed by atoms with Crippen molar-refractivity contribution in [2.45, 2.75) is 0 Å². The number of halogens is 1. The first kappa shape index (κ1) is 11.6. The summed E-state index contributed by atoms with van der Waals surface area (Å²) in [6.07, 6.45) is 1.30. The Morgan fingerprint density at radius 2 is 2.25 bits per heavy atom. The molecule has 0 spiro atoms. The summed E-state index contributed by atoms with van der Waals surface area (Å²) in [7, 11) is 0. The van der Waals surface area contributed by atoms with Gasteiger partial charge in [-0.05, 0) is 28.7 Å². The highest BCUT2D eigenvalue weighted by Gasteiger charge is 2.18. The van der Waals surface area contributed by atoms with Crippen molar-refractivity contribution in [2.75, 3.05) is 26.2 Å². The second-order valence-corrected chi connectivity index (χ2v) is 4.66. The summed E-state index contributed by atoms with van der Waals surface area (Å²) >= 11 is 2.15. The number of carbonyl (C=O) groups excluding carboxylic acids is 1. The first-order chi connectivity index (χ1) is 7.75. The molecule has 16 heavy (non-hydrogen) atoms. The van der Waals surface area contributed by atoms with Gasteiger partial charge in [0.2, 0.25) is 5.88 Å². The first-order valence-electron chi connectivity index (χ1n) is 5.05. The van der Waals surface area contributed by atoms with Crippen molar-refractivity contribution in [3.05, 3.63) is 21.9 Å². The number of ether oxygens (including phenoxy) is 1.